The fourth-order valence-electron chi connectivity index (χ4n) is 5.81. The second-order valence-electron chi connectivity index (χ2n) is 11.5. The van der Waals surface area contributed by atoms with Crippen molar-refractivity contribution in [3.05, 3.63) is 113 Å². The lowest BCUT2D eigenvalue weighted by molar-refractivity contribution is -0.684. The number of hydrogen-bond donors (Lipinski definition) is 3. The number of carbonyl (C=O) groups is 5. The number of aromatic nitrogens is 1. The van der Waals surface area contributed by atoms with Gasteiger partial charge in [-0.2, -0.15) is 4.57 Å². The predicted molar refractivity (Wildman–Crippen MR) is 176 cm³/mol. The number of allylic oxidation sites excluding steroid dienone is 1. The van der Waals surface area contributed by atoms with Crippen molar-refractivity contribution < 1.29 is 38.8 Å². The fourth-order valence-corrected chi connectivity index (χ4v) is 7.55. The first-order valence-electron chi connectivity index (χ1n) is 15.1. The number of benzene rings is 2. The smallest absolute Gasteiger partial charge is 0.290 e. The number of nitrogens with zero attached hydrogens (tertiary/aromatic N) is 4. The van der Waals surface area contributed by atoms with E-state index >= 15 is 0 Å². The summed E-state index contributed by atoms with van der Waals surface area (Å²) in [6, 6.07) is 17.9. The van der Waals surface area contributed by atoms with Gasteiger partial charge in [-0.25, -0.2) is 0 Å². The largest absolute Gasteiger partial charge is 0.543 e. The SMILES string of the molecule is O=C(C[n+]1ccc(CN2CCC(=CC3=C(C(=O)[O-])N4C(=O)[C@@H](N(S)C(=O)Cc5ccccc5)[C@H]4SC3)C2=O)cc1)Nc1ccc(O)cc1. The number of carboxylic acid groups (broad SMARTS) is 1. The molecular weight excluding hydrogens is 655 g/mol. The maximum atomic E-state index is 13.3. The van der Waals surface area contributed by atoms with E-state index in [9.17, 15) is 34.2 Å². The monoisotopic (exact) mass is 685 g/mol. The first kappa shape index (κ1) is 32.8. The van der Waals surface area contributed by atoms with Crippen molar-refractivity contribution in [3.8, 4) is 5.75 Å². The summed E-state index contributed by atoms with van der Waals surface area (Å²) >= 11 is 5.62. The Bertz CT molecular complexity index is 1830. The number of aromatic hydroxyl groups is 1. The van der Waals surface area contributed by atoms with Crippen molar-refractivity contribution in [1.82, 2.24) is 14.1 Å². The van der Waals surface area contributed by atoms with Gasteiger partial charge < -0.3 is 25.2 Å². The number of anilines is 1. The molecule has 4 amide bonds. The number of likely N-dealkylation sites (tertiary alicyclic amines) is 1. The number of thioether (sulfide) groups is 1. The molecule has 48 heavy (non-hydrogen) atoms. The lowest BCUT2D eigenvalue weighted by atomic mass is 10.0. The fraction of sp³-hybridized carbons (Fsp3) is 0.235. The van der Waals surface area contributed by atoms with Crippen LogP contribution in [0.4, 0.5) is 5.69 Å². The van der Waals surface area contributed by atoms with Crippen LogP contribution in [-0.2, 0) is 43.5 Å². The summed E-state index contributed by atoms with van der Waals surface area (Å²) in [6.45, 7) is 0.823. The Morgan fingerprint density at radius 1 is 1.04 bits per heavy atom. The van der Waals surface area contributed by atoms with E-state index < -0.39 is 23.3 Å². The molecule has 2 atom stereocenters. The van der Waals surface area contributed by atoms with E-state index in [1.165, 1.54) is 23.9 Å². The topological polar surface area (TPSA) is 154 Å². The van der Waals surface area contributed by atoms with Crippen LogP contribution in [0.25, 0.3) is 0 Å². The number of rotatable bonds is 10. The molecule has 0 aliphatic carbocycles. The average molecular weight is 686 g/mol. The van der Waals surface area contributed by atoms with Gasteiger partial charge in [-0.1, -0.05) is 43.1 Å². The van der Waals surface area contributed by atoms with Gasteiger partial charge in [-0.05, 0) is 53.5 Å². The number of phenols is 1. The molecular formula is C34H31N5O7S2. The Labute approximate surface area is 285 Å². The minimum absolute atomic E-state index is 0.0485. The number of amides is 4. The van der Waals surface area contributed by atoms with Gasteiger partial charge in [0.2, 0.25) is 18.4 Å². The Hall–Kier alpha value is -5.08. The highest BCUT2D eigenvalue weighted by molar-refractivity contribution is 8.00. The van der Waals surface area contributed by atoms with Crippen LogP contribution < -0.4 is 15.0 Å². The van der Waals surface area contributed by atoms with E-state index in [0.717, 1.165) is 20.3 Å². The average Bonchev–Trinajstić information content (AvgIpc) is 3.41. The number of phenolic OH excluding ortho intramolecular Hbond substituents is 1. The van der Waals surface area contributed by atoms with Crippen LogP contribution in [0.2, 0.25) is 0 Å². The molecule has 2 saturated heterocycles. The third-order valence-electron chi connectivity index (χ3n) is 8.25. The molecule has 3 aliphatic heterocycles. The number of hydrogen-bond acceptors (Lipinski definition) is 9. The minimum atomic E-state index is -1.53. The van der Waals surface area contributed by atoms with Gasteiger partial charge in [0.1, 0.15) is 11.1 Å². The molecule has 6 rings (SSSR count). The highest BCUT2D eigenvalue weighted by Crippen LogP contribution is 2.43. The van der Waals surface area contributed by atoms with Crippen LogP contribution in [0, 0.1) is 0 Å². The molecule has 0 saturated carbocycles. The van der Waals surface area contributed by atoms with Gasteiger partial charge in [-0.3, -0.25) is 28.4 Å². The molecule has 1 aromatic heterocycles. The summed E-state index contributed by atoms with van der Waals surface area (Å²) < 4.78 is 2.78. The standard InChI is InChI=1S/C34H31N5O7S2/c40-26-8-6-25(7-9-26)35-27(41)19-36-13-10-22(11-14-36)18-37-15-12-23(31(37)43)17-24-20-48-33-30(32(44)38(33)29(24)34(45)46)39(47)28(42)16-21-4-2-1-3-5-21/h1-11,13-14,17,30,33,47H,12,15-16,18-20H2,(H2-,35,40,41,45,46)/t30-,33-/m1/s1. The second-order valence-corrected chi connectivity index (χ2v) is 13.1. The number of pyridine rings is 1. The van der Waals surface area contributed by atoms with Crippen molar-refractivity contribution >= 4 is 59.9 Å². The Morgan fingerprint density at radius 2 is 1.75 bits per heavy atom. The third-order valence-corrected chi connectivity index (χ3v) is 10.0. The van der Waals surface area contributed by atoms with Crippen LogP contribution in [0.1, 0.15) is 17.5 Å². The van der Waals surface area contributed by atoms with Crippen molar-refractivity contribution in [2.24, 2.45) is 0 Å². The molecule has 14 heteroatoms. The van der Waals surface area contributed by atoms with Crippen LogP contribution in [-0.4, -0.2) is 72.5 Å². The summed E-state index contributed by atoms with van der Waals surface area (Å²) in [6.07, 6.45) is 5.48. The molecule has 2 N–H and O–H groups in total. The predicted octanol–water partition coefficient (Wildman–Crippen LogP) is 1.18. The lowest BCUT2D eigenvalue weighted by Gasteiger charge is -2.52. The Balaban J connectivity index is 1.08. The van der Waals surface area contributed by atoms with E-state index in [0.29, 0.717) is 36.3 Å². The normalized spacial score (nSPS) is 19.6. The quantitative estimate of drug-likeness (QED) is 0.0946. The maximum absolute atomic E-state index is 13.3. The van der Waals surface area contributed by atoms with E-state index in [2.05, 4.69) is 18.1 Å². The second kappa shape index (κ2) is 14.0. The zero-order valence-corrected chi connectivity index (χ0v) is 27.2. The molecule has 3 aliphatic rings. The van der Waals surface area contributed by atoms with E-state index in [4.69, 9.17) is 0 Å². The number of carbonyl (C=O) groups excluding carboxylic acids is 5. The van der Waals surface area contributed by atoms with Crippen molar-refractivity contribution in [3.63, 3.8) is 0 Å². The summed E-state index contributed by atoms with van der Waals surface area (Å²) in [4.78, 5) is 66.8. The van der Waals surface area contributed by atoms with Gasteiger partial charge >= 0.3 is 0 Å². The number of thiol groups is 1. The van der Waals surface area contributed by atoms with Gasteiger partial charge in [0, 0.05) is 42.2 Å². The van der Waals surface area contributed by atoms with Gasteiger partial charge in [0.05, 0.1) is 18.1 Å². The van der Waals surface area contributed by atoms with Gasteiger partial charge in [-0.15, -0.1) is 11.8 Å². The molecule has 2 aromatic carbocycles. The Kier molecular flexibility index (Phi) is 9.55. The molecule has 4 heterocycles. The first-order valence-corrected chi connectivity index (χ1v) is 16.5. The number of carboxylic acids is 1. The highest BCUT2D eigenvalue weighted by Gasteiger charge is 2.55. The van der Waals surface area contributed by atoms with Crippen LogP contribution in [0.15, 0.2) is 102 Å². The number of nitrogens with one attached hydrogen (secondary N) is 1. The van der Waals surface area contributed by atoms with E-state index in [-0.39, 0.29) is 47.9 Å². The van der Waals surface area contributed by atoms with Crippen molar-refractivity contribution in [2.75, 3.05) is 17.6 Å². The zero-order valence-electron chi connectivity index (χ0n) is 25.5. The number of β-lactam (4-membered cyclic amide) rings is 1. The molecule has 0 radical (unpaired) electrons. The molecule has 3 aromatic rings. The van der Waals surface area contributed by atoms with Crippen molar-refractivity contribution in [1.29, 1.82) is 0 Å². The lowest BCUT2D eigenvalue weighted by Crippen LogP contribution is -2.70. The minimum Gasteiger partial charge on any atom is -0.543 e. The molecule has 0 unspecified atom stereocenters. The summed E-state index contributed by atoms with van der Waals surface area (Å²) in [5.74, 6) is -2.65. The van der Waals surface area contributed by atoms with Gasteiger partial charge in [0.15, 0.2) is 18.4 Å². The number of aliphatic carboxylic acids is 1. The number of fused-ring (bicyclic) bond motifs is 1. The summed E-state index contributed by atoms with van der Waals surface area (Å²) in [5, 5.41) is 23.8. The zero-order chi connectivity index (χ0) is 33.9. The molecule has 2 fully saturated rings. The van der Waals surface area contributed by atoms with Crippen molar-refractivity contribution in [2.45, 2.75) is 37.3 Å². The van der Waals surface area contributed by atoms with Crippen LogP contribution in [0.5, 0.6) is 5.75 Å². The van der Waals surface area contributed by atoms with E-state index in [1.54, 1.807) is 52.2 Å². The summed E-state index contributed by atoms with van der Waals surface area (Å²) in [5.41, 5.74) is 2.62. The van der Waals surface area contributed by atoms with Crippen LogP contribution >= 0.6 is 24.6 Å². The molecule has 12 nitrogen and oxygen atoms in total. The Morgan fingerprint density at radius 3 is 2.44 bits per heavy atom. The highest BCUT2D eigenvalue weighted by atomic mass is 32.2. The van der Waals surface area contributed by atoms with Crippen LogP contribution in [0.3, 0.4) is 0 Å². The van der Waals surface area contributed by atoms with E-state index in [1.807, 2.05) is 30.3 Å². The molecule has 0 bridgehead atoms. The maximum Gasteiger partial charge on any atom is 0.290 e. The third kappa shape index (κ3) is 6.94. The molecule has 0 spiro atoms. The van der Waals surface area contributed by atoms with Gasteiger partial charge in [0.25, 0.3) is 11.8 Å². The first-order chi connectivity index (χ1) is 23.1. The summed E-state index contributed by atoms with van der Waals surface area (Å²) in [7, 11) is 0. The molecule has 246 valence electrons.